The summed E-state index contributed by atoms with van der Waals surface area (Å²) >= 11 is 0. The Morgan fingerprint density at radius 1 is 1.22 bits per heavy atom. The van der Waals surface area contributed by atoms with Crippen LogP contribution in [-0.2, 0) is 14.8 Å². The lowest BCUT2D eigenvalue weighted by atomic mass is 10.1. The molecule has 2 aromatic carbocycles. The van der Waals surface area contributed by atoms with Crippen molar-refractivity contribution in [2.45, 2.75) is 44.6 Å². The maximum Gasteiger partial charge on any atom is 0.255 e. The largest absolute Gasteiger partial charge is 0.489 e. The number of nitrogens with zero attached hydrogens (tertiary/aromatic N) is 1. The third kappa shape index (κ3) is 5.46. The maximum atomic E-state index is 14.4. The standard InChI is InChI=1S/C23H29FN2O5S/c1-4-26(5-2)32(28,29)22-14-17(9-10-19(22)24)23(27)25-20-11-8-16(3)13-21(20)31-15-18-7-6-12-30-18/h8-11,13-14,18H,4-7,12,15H2,1-3H3,(H,25,27). The quantitative estimate of drug-likeness (QED) is 0.607. The number of nitrogens with one attached hydrogen (secondary N) is 1. The predicted octanol–water partition coefficient (Wildman–Crippen LogP) is 3.97. The van der Waals surface area contributed by atoms with E-state index in [9.17, 15) is 17.6 Å². The number of rotatable bonds is 9. The first kappa shape index (κ1) is 24.2. The lowest BCUT2D eigenvalue weighted by Crippen LogP contribution is -2.31. The van der Waals surface area contributed by atoms with Gasteiger partial charge in [-0.2, -0.15) is 4.31 Å². The van der Waals surface area contributed by atoms with Crippen LogP contribution in [0.2, 0.25) is 0 Å². The van der Waals surface area contributed by atoms with Gasteiger partial charge in [-0.3, -0.25) is 4.79 Å². The van der Waals surface area contributed by atoms with E-state index < -0.39 is 26.6 Å². The van der Waals surface area contributed by atoms with Gasteiger partial charge in [0.15, 0.2) is 0 Å². The molecule has 1 N–H and O–H groups in total. The van der Waals surface area contributed by atoms with Crippen LogP contribution in [0.4, 0.5) is 10.1 Å². The van der Waals surface area contributed by atoms with E-state index in [1.54, 1.807) is 19.9 Å². The molecule has 9 heteroatoms. The number of anilines is 1. The van der Waals surface area contributed by atoms with Crippen LogP contribution in [0.3, 0.4) is 0 Å². The Morgan fingerprint density at radius 2 is 1.97 bits per heavy atom. The van der Waals surface area contributed by atoms with E-state index >= 15 is 0 Å². The highest BCUT2D eigenvalue weighted by molar-refractivity contribution is 7.89. The molecule has 7 nitrogen and oxygen atoms in total. The predicted molar refractivity (Wildman–Crippen MR) is 120 cm³/mol. The van der Waals surface area contributed by atoms with Gasteiger partial charge in [0.05, 0.1) is 11.8 Å². The van der Waals surface area contributed by atoms with Gasteiger partial charge in [-0.15, -0.1) is 0 Å². The minimum atomic E-state index is -4.05. The van der Waals surface area contributed by atoms with Gasteiger partial charge < -0.3 is 14.8 Å². The van der Waals surface area contributed by atoms with Crippen LogP contribution in [0.15, 0.2) is 41.3 Å². The molecule has 1 amide bonds. The second-order valence-corrected chi connectivity index (χ2v) is 9.54. The molecule has 1 saturated heterocycles. The fourth-order valence-electron chi connectivity index (χ4n) is 3.55. The number of benzene rings is 2. The van der Waals surface area contributed by atoms with Crippen LogP contribution in [0.1, 0.15) is 42.6 Å². The van der Waals surface area contributed by atoms with E-state index in [2.05, 4.69) is 5.32 Å². The summed E-state index contributed by atoms with van der Waals surface area (Å²) in [6, 6.07) is 8.68. The average molecular weight is 465 g/mol. The van der Waals surface area contributed by atoms with Crippen molar-refractivity contribution in [2.24, 2.45) is 0 Å². The molecule has 0 bridgehead atoms. The molecule has 1 atom stereocenters. The Kier molecular flexibility index (Phi) is 7.86. The first-order valence-corrected chi connectivity index (χ1v) is 12.2. The van der Waals surface area contributed by atoms with E-state index in [-0.39, 0.29) is 24.8 Å². The zero-order valence-electron chi connectivity index (χ0n) is 18.6. The van der Waals surface area contributed by atoms with Crippen molar-refractivity contribution >= 4 is 21.6 Å². The molecule has 174 valence electrons. The van der Waals surface area contributed by atoms with Crippen LogP contribution in [0, 0.1) is 12.7 Å². The number of halogens is 1. The Balaban J connectivity index is 1.83. The molecule has 0 radical (unpaired) electrons. The summed E-state index contributed by atoms with van der Waals surface area (Å²) in [7, 11) is -4.05. The topological polar surface area (TPSA) is 84.9 Å². The summed E-state index contributed by atoms with van der Waals surface area (Å²) in [5.41, 5.74) is 1.43. The molecule has 3 rings (SSSR count). The Morgan fingerprint density at radius 3 is 2.62 bits per heavy atom. The first-order valence-electron chi connectivity index (χ1n) is 10.7. The van der Waals surface area contributed by atoms with Crippen LogP contribution in [0.25, 0.3) is 0 Å². The van der Waals surface area contributed by atoms with Crippen molar-refractivity contribution in [3.63, 3.8) is 0 Å². The summed E-state index contributed by atoms with van der Waals surface area (Å²) in [6.07, 6.45) is 1.94. The Bertz CT molecular complexity index is 1060. The van der Waals surface area contributed by atoms with E-state index in [4.69, 9.17) is 9.47 Å². The number of amides is 1. The van der Waals surface area contributed by atoms with Crippen molar-refractivity contribution in [1.82, 2.24) is 4.31 Å². The van der Waals surface area contributed by atoms with Crippen molar-refractivity contribution in [3.8, 4) is 5.75 Å². The SMILES string of the molecule is CCN(CC)S(=O)(=O)c1cc(C(=O)Nc2ccc(C)cc2OCC2CCCO2)ccc1F. The van der Waals surface area contributed by atoms with E-state index in [0.29, 0.717) is 18.0 Å². The van der Waals surface area contributed by atoms with Gasteiger partial charge >= 0.3 is 0 Å². The van der Waals surface area contributed by atoms with Gasteiger partial charge in [0.25, 0.3) is 5.91 Å². The number of ether oxygens (including phenoxy) is 2. The number of hydrogen-bond donors (Lipinski definition) is 1. The molecule has 1 aliphatic heterocycles. The second kappa shape index (κ2) is 10.4. The van der Waals surface area contributed by atoms with Crippen LogP contribution in [-0.4, -0.2) is 51.0 Å². The van der Waals surface area contributed by atoms with Gasteiger partial charge in [0.2, 0.25) is 10.0 Å². The highest BCUT2D eigenvalue weighted by atomic mass is 32.2. The third-order valence-electron chi connectivity index (χ3n) is 5.35. The summed E-state index contributed by atoms with van der Waals surface area (Å²) in [4.78, 5) is 12.4. The van der Waals surface area contributed by atoms with Crippen LogP contribution >= 0.6 is 0 Å². The zero-order valence-corrected chi connectivity index (χ0v) is 19.4. The molecule has 1 unspecified atom stereocenters. The number of carbonyl (C=O) groups excluding carboxylic acids is 1. The molecule has 32 heavy (non-hydrogen) atoms. The Hall–Kier alpha value is -2.49. The van der Waals surface area contributed by atoms with Gasteiger partial charge in [-0.1, -0.05) is 19.9 Å². The van der Waals surface area contributed by atoms with Crippen molar-refractivity contribution in [3.05, 3.63) is 53.3 Å². The van der Waals surface area contributed by atoms with E-state index in [1.165, 1.54) is 6.07 Å². The first-order chi connectivity index (χ1) is 15.3. The van der Waals surface area contributed by atoms with Crippen molar-refractivity contribution in [1.29, 1.82) is 0 Å². The van der Waals surface area contributed by atoms with Gasteiger partial charge in [-0.05, 0) is 55.7 Å². The third-order valence-corrected chi connectivity index (χ3v) is 7.42. The fraction of sp³-hybridized carbons (Fsp3) is 0.435. The summed E-state index contributed by atoms with van der Waals surface area (Å²) in [6.45, 7) is 6.74. The maximum absolute atomic E-state index is 14.4. The fourth-order valence-corrected chi connectivity index (χ4v) is 5.10. The lowest BCUT2D eigenvalue weighted by molar-refractivity contribution is 0.0681. The average Bonchev–Trinajstić information content (AvgIpc) is 3.28. The van der Waals surface area contributed by atoms with E-state index in [1.807, 2.05) is 19.1 Å². The highest BCUT2D eigenvalue weighted by Gasteiger charge is 2.26. The van der Waals surface area contributed by atoms with Crippen LogP contribution in [0.5, 0.6) is 5.75 Å². The summed E-state index contributed by atoms with van der Waals surface area (Å²) < 4.78 is 52.5. The lowest BCUT2D eigenvalue weighted by Gasteiger charge is -2.19. The second-order valence-electron chi connectivity index (χ2n) is 7.63. The summed E-state index contributed by atoms with van der Waals surface area (Å²) in [5, 5.41) is 2.75. The zero-order chi connectivity index (χ0) is 23.3. The molecule has 2 aromatic rings. The molecule has 1 fully saturated rings. The molecule has 0 spiro atoms. The molecular formula is C23H29FN2O5S. The molecule has 1 aliphatic rings. The molecule has 0 aromatic heterocycles. The number of sulfonamides is 1. The number of hydrogen-bond acceptors (Lipinski definition) is 5. The molecular weight excluding hydrogens is 435 g/mol. The number of aryl methyl sites for hydroxylation is 1. The highest BCUT2D eigenvalue weighted by Crippen LogP contribution is 2.28. The van der Waals surface area contributed by atoms with E-state index in [0.717, 1.165) is 41.4 Å². The van der Waals surface area contributed by atoms with Crippen molar-refractivity contribution in [2.75, 3.05) is 31.6 Å². The van der Waals surface area contributed by atoms with Gasteiger partial charge in [0, 0.05) is 25.3 Å². The smallest absolute Gasteiger partial charge is 0.255 e. The summed E-state index contributed by atoms with van der Waals surface area (Å²) in [5.74, 6) is -0.969. The molecule has 0 saturated carbocycles. The monoisotopic (exact) mass is 464 g/mol. The van der Waals surface area contributed by atoms with Gasteiger partial charge in [0.1, 0.15) is 23.1 Å². The van der Waals surface area contributed by atoms with Gasteiger partial charge in [-0.25, -0.2) is 12.8 Å². The number of carbonyl (C=O) groups is 1. The normalized spacial score (nSPS) is 16.3. The Labute approximate surface area is 188 Å². The molecule has 1 heterocycles. The van der Waals surface area contributed by atoms with Crippen molar-refractivity contribution < 1.29 is 27.1 Å². The minimum Gasteiger partial charge on any atom is -0.489 e. The van der Waals surface area contributed by atoms with Crippen LogP contribution < -0.4 is 10.1 Å². The molecule has 0 aliphatic carbocycles. The minimum absolute atomic E-state index is 0.0176.